The van der Waals surface area contributed by atoms with Crippen LogP contribution >= 0.6 is 15.9 Å². The van der Waals surface area contributed by atoms with Gasteiger partial charge in [0.05, 0.1) is 13.2 Å². The zero-order chi connectivity index (χ0) is 13.0. The second kappa shape index (κ2) is 6.38. The van der Waals surface area contributed by atoms with Crippen molar-refractivity contribution < 1.29 is 14.9 Å². The van der Waals surface area contributed by atoms with Gasteiger partial charge in [0.25, 0.3) is 0 Å². The Labute approximate surface area is 111 Å². The number of rotatable bonds is 5. The molecule has 1 aromatic carbocycles. The minimum absolute atomic E-state index is 0.520. The van der Waals surface area contributed by atoms with Crippen LogP contribution in [0.4, 0.5) is 0 Å². The standard InChI is InChI=1S/C13H19BrO3/c1-8-7-12(17-3)9(2)6-10(8)13(16)11(15)4-5-14/h6-7,11,13,15-16H,4-5H2,1-3H3. The first kappa shape index (κ1) is 14.5. The predicted molar refractivity (Wildman–Crippen MR) is 71.8 cm³/mol. The van der Waals surface area contributed by atoms with E-state index in [2.05, 4.69) is 15.9 Å². The number of aryl methyl sites for hydroxylation is 2. The summed E-state index contributed by atoms with van der Waals surface area (Å²) in [7, 11) is 1.62. The van der Waals surface area contributed by atoms with Crippen LogP contribution in [0, 0.1) is 13.8 Å². The molecule has 0 amide bonds. The summed E-state index contributed by atoms with van der Waals surface area (Å²) in [6.07, 6.45) is -1.08. The van der Waals surface area contributed by atoms with E-state index in [1.807, 2.05) is 26.0 Å². The molecule has 3 nitrogen and oxygen atoms in total. The van der Waals surface area contributed by atoms with Gasteiger partial charge in [0.2, 0.25) is 0 Å². The molecule has 0 aliphatic heterocycles. The highest BCUT2D eigenvalue weighted by atomic mass is 79.9. The van der Waals surface area contributed by atoms with E-state index in [-0.39, 0.29) is 0 Å². The Hall–Kier alpha value is -0.580. The molecule has 0 aliphatic carbocycles. The lowest BCUT2D eigenvalue weighted by Gasteiger charge is -2.20. The maximum absolute atomic E-state index is 10.1. The van der Waals surface area contributed by atoms with Crippen molar-refractivity contribution in [1.82, 2.24) is 0 Å². The molecule has 0 heterocycles. The van der Waals surface area contributed by atoms with Gasteiger partial charge < -0.3 is 14.9 Å². The lowest BCUT2D eigenvalue weighted by Crippen LogP contribution is -2.19. The second-order valence-electron chi connectivity index (χ2n) is 4.17. The number of aliphatic hydroxyl groups excluding tert-OH is 2. The van der Waals surface area contributed by atoms with Crippen LogP contribution in [-0.2, 0) is 0 Å². The number of benzene rings is 1. The Kier molecular flexibility index (Phi) is 5.43. The number of aliphatic hydroxyl groups is 2. The van der Waals surface area contributed by atoms with Crippen molar-refractivity contribution >= 4 is 15.9 Å². The second-order valence-corrected chi connectivity index (χ2v) is 4.96. The summed E-state index contributed by atoms with van der Waals surface area (Å²) in [6, 6.07) is 3.75. The zero-order valence-corrected chi connectivity index (χ0v) is 12.0. The molecular formula is C13H19BrO3. The Morgan fingerprint density at radius 1 is 1.24 bits per heavy atom. The average molecular weight is 303 g/mol. The fraction of sp³-hybridized carbons (Fsp3) is 0.538. The highest BCUT2D eigenvalue weighted by Crippen LogP contribution is 2.29. The fourth-order valence-electron chi connectivity index (χ4n) is 1.83. The molecule has 0 radical (unpaired) electrons. The number of hydrogen-bond acceptors (Lipinski definition) is 3. The number of methoxy groups -OCH3 is 1. The minimum atomic E-state index is -0.850. The van der Waals surface area contributed by atoms with Crippen LogP contribution in [0.1, 0.15) is 29.2 Å². The molecule has 0 bridgehead atoms. The van der Waals surface area contributed by atoms with E-state index in [9.17, 15) is 10.2 Å². The van der Waals surface area contributed by atoms with Crippen LogP contribution in [0.15, 0.2) is 12.1 Å². The average Bonchev–Trinajstić information content (AvgIpc) is 2.31. The Morgan fingerprint density at radius 3 is 2.41 bits per heavy atom. The van der Waals surface area contributed by atoms with E-state index in [0.717, 1.165) is 22.4 Å². The molecule has 0 aromatic heterocycles. The molecule has 17 heavy (non-hydrogen) atoms. The number of alkyl halides is 1. The summed E-state index contributed by atoms with van der Waals surface area (Å²) in [5, 5.41) is 20.5. The van der Waals surface area contributed by atoms with Crippen LogP contribution in [0.5, 0.6) is 5.75 Å². The van der Waals surface area contributed by atoms with Gasteiger partial charge in [-0.25, -0.2) is 0 Å². The van der Waals surface area contributed by atoms with Crippen molar-refractivity contribution in [3.05, 3.63) is 28.8 Å². The minimum Gasteiger partial charge on any atom is -0.496 e. The van der Waals surface area contributed by atoms with Gasteiger partial charge in [-0.1, -0.05) is 15.9 Å². The maximum Gasteiger partial charge on any atom is 0.122 e. The van der Waals surface area contributed by atoms with Crippen molar-refractivity contribution in [3.8, 4) is 5.75 Å². The van der Waals surface area contributed by atoms with Crippen LogP contribution in [0.3, 0.4) is 0 Å². The van der Waals surface area contributed by atoms with Crippen molar-refractivity contribution in [2.75, 3.05) is 12.4 Å². The summed E-state index contributed by atoms with van der Waals surface area (Å²) >= 11 is 3.26. The normalized spacial score (nSPS) is 14.5. The van der Waals surface area contributed by atoms with Crippen LogP contribution in [0.2, 0.25) is 0 Å². The molecule has 96 valence electrons. The lowest BCUT2D eigenvalue weighted by molar-refractivity contribution is 0.0169. The molecule has 0 aliphatic rings. The molecule has 2 atom stereocenters. The van der Waals surface area contributed by atoms with Gasteiger partial charge >= 0.3 is 0 Å². The molecular weight excluding hydrogens is 284 g/mol. The number of hydrogen-bond donors (Lipinski definition) is 2. The van der Waals surface area contributed by atoms with Crippen molar-refractivity contribution in [2.45, 2.75) is 32.5 Å². The van der Waals surface area contributed by atoms with Crippen LogP contribution in [0.25, 0.3) is 0 Å². The van der Waals surface area contributed by atoms with Crippen molar-refractivity contribution in [3.63, 3.8) is 0 Å². The third-order valence-corrected chi connectivity index (χ3v) is 3.33. The third kappa shape index (κ3) is 3.44. The third-order valence-electron chi connectivity index (χ3n) is 2.87. The summed E-state index contributed by atoms with van der Waals surface area (Å²) in [4.78, 5) is 0. The Morgan fingerprint density at radius 2 is 1.88 bits per heavy atom. The monoisotopic (exact) mass is 302 g/mol. The van der Waals surface area contributed by atoms with Gasteiger partial charge in [0.15, 0.2) is 0 Å². The van der Waals surface area contributed by atoms with E-state index in [1.54, 1.807) is 7.11 Å². The Bertz CT molecular complexity index is 379. The van der Waals surface area contributed by atoms with Gasteiger partial charge in [-0.15, -0.1) is 0 Å². The molecule has 1 rings (SSSR count). The summed E-state index contributed by atoms with van der Waals surface area (Å²) in [5.41, 5.74) is 2.64. The van der Waals surface area contributed by atoms with Gasteiger partial charge in [-0.05, 0) is 49.1 Å². The first-order valence-electron chi connectivity index (χ1n) is 5.58. The Balaban J connectivity index is 3.01. The largest absolute Gasteiger partial charge is 0.496 e. The van der Waals surface area contributed by atoms with E-state index < -0.39 is 12.2 Å². The van der Waals surface area contributed by atoms with Gasteiger partial charge in [0.1, 0.15) is 11.9 Å². The van der Waals surface area contributed by atoms with E-state index in [0.29, 0.717) is 11.8 Å². The highest BCUT2D eigenvalue weighted by molar-refractivity contribution is 9.09. The molecule has 0 saturated heterocycles. The highest BCUT2D eigenvalue weighted by Gasteiger charge is 2.20. The molecule has 2 unspecified atom stereocenters. The molecule has 0 spiro atoms. The fourth-order valence-corrected chi connectivity index (χ4v) is 2.30. The van der Waals surface area contributed by atoms with Crippen molar-refractivity contribution in [2.24, 2.45) is 0 Å². The zero-order valence-electron chi connectivity index (χ0n) is 10.4. The van der Waals surface area contributed by atoms with Gasteiger partial charge in [-0.3, -0.25) is 0 Å². The summed E-state index contributed by atoms with van der Waals surface area (Å²) < 4.78 is 5.22. The van der Waals surface area contributed by atoms with E-state index in [4.69, 9.17) is 4.74 Å². The van der Waals surface area contributed by atoms with Crippen LogP contribution < -0.4 is 4.74 Å². The number of halogens is 1. The van der Waals surface area contributed by atoms with Gasteiger partial charge in [-0.2, -0.15) is 0 Å². The molecule has 1 aromatic rings. The quantitative estimate of drug-likeness (QED) is 0.822. The first-order valence-corrected chi connectivity index (χ1v) is 6.70. The molecule has 0 fully saturated rings. The molecule has 2 N–H and O–H groups in total. The summed E-state index contributed by atoms with van der Waals surface area (Å²) in [5.74, 6) is 0.799. The van der Waals surface area contributed by atoms with Crippen LogP contribution in [-0.4, -0.2) is 28.8 Å². The lowest BCUT2D eigenvalue weighted by atomic mass is 9.96. The van der Waals surface area contributed by atoms with Crippen molar-refractivity contribution in [1.29, 1.82) is 0 Å². The first-order chi connectivity index (χ1) is 8.01. The van der Waals surface area contributed by atoms with E-state index in [1.165, 1.54) is 0 Å². The summed E-state index contributed by atoms with van der Waals surface area (Å²) in [6.45, 7) is 3.83. The number of ether oxygens (including phenoxy) is 1. The topological polar surface area (TPSA) is 49.7 Å². The SMILES string of the molecule is COc1cc(C)c(C(O)C(O)CCBr)cc1C. The molecule has 4 heteroatoms. The van der Waals surface area contributed by atoms with Gasteiger partial charge in [0, 0.05) is 5.33 Å². The molecule has 0 saturated carbocycles. The maximum atomic E-state index is 10.1. The smallest absolute Gasteiger partial charge is 0.122 e. The predicted octanol–water partition coefficient (Wildman–Crippen LogP) is 2.49. The van der Waals surface area contributed by atoms with E-state index >= 15 is 0 Å².